The zero-order valence-electron chi connectivity index (χ0n) is 22.7. The van der Waals surface area contributed by atoms with Gasteiger partial charge in [-0.1, -0.05) is 37.3 Å². The zero-order chi connectivity index (χ0) is 29.1. The van der Waals surface area contributed by atoms with Gasteiger partial charge >= 0.3 is 13.6 Å². The molecule has 0 bridgehead atoms. The molecule has 6 atom stereocenters. The highest BCUT2D eigenvalue weighted by atomic mass is 32.1. The average Bonchev–Trinajstić information content (AvgIpc) is 3.17. The Morgan fingerprint density at radius 1 is 1.35 bits per heavy atom. The van der Waals surface area contributed by atoms with Crippen molar-refractivity contribution >= 4 is 38.0 Å². The van der Waals surface area contributed by atoms with Gasteiger partial charge in [0.2, 0.25) is 6.23 Å². The molecule has 0 amide bonds. The number of H-pyrrole nitrogens is 1. The molecule has 1 unspecified atom stereocenters. The fourth-order valence-electron chi connectivity index (χ4n) is 3.53. The molecule has 1 saturated heterocycles. The van der Waals surface area contributed by atoms with Gasteiger partial charge in [-0.3, -0.25) is 13.9 Å². The van der Waals surface area contributed by atoms with Crippen molar-refractivity contribution in [1.82, 2.24) is 9.55 Å². The standard InChI is InChI=1S/C24H30N3O7PS2/c1-14(2)32-23(29)16(4)13-35(30,34-17-9-7-6-8-10-17)31-12-18-20(28)19(25-5)22(33-18)27-11-15(3)21(36)26-24(27)37/h6-11,14,16,18-20,22,28H,12-13H2,1-4H3,(H,26,36,37)/t16-,18+,19-,20?,22+,35-/m1/s1/i12D2. The summed E-state index contributed by atoms with van der Waals surface area (Å²) in [6.45, 7) is 11.2. The Labute approximate surface area is 228 Å². The number of nitrogens with zero attached hydrogens (tertiary/aromatic N) is 2. The maximum atomic E-state index is 14.0. The van der Waals surface area contributed by atoms with Crippen LogP contribution in [0.25, 0.3) is 4.85 Å². The molecule has 0 saturated carbocycles. The summed E-state index contributed by atoms with van der Waals surface area (Å²) in [4.78, 5) is 18.7. The van der Waals surface area contributed by atoms with Crippen LogP contribution in [0.4, 0.5) is 0 Å². The highest BCUT2D eigenvalue weighted by molar-refractivity contribution is 7.72. The molecule has 37 heavy (non-hydrogen) atoms. The Morgan fingerprint density at radius 3 is 2.65 bits per heavy atom. The number of nitrogens with one attached hydrogen (secondary N) is 1. The van der Waals surface area contributed by atoms with Gasteiger partial charge < -0.3 is 28.9 Å². The number of aliphatic hydroxyl groups excluding tert-OH is 1. The van der Waals surface area contributed by atoms with E-state index in [1.54, 1.807) is 45.2 Å². The third-order valence-electron chi connectivity index (χ3n) is 5.35. The second-order valence-corrected chi connectivity index (χ2v) is 11.6. The van der Waals surface area contributed by atoms with Gasteiger partial charge in [0.15, 0.2) is 10.9 Å². The first-order valence-corrected chi connectivity index (χ1v) is 14.0. The summed E-state index contributed by atoms with van der Waals surface area (Å²) in [5.74, 6) is -1.53. The van der Waals surface area contributed by atoms with Crippen LogP contribution in [-0.4, -0.2) is 57.7 Å². The van der Waals surface area contributed by atoms with Gasteiger partial charge in [0, 0.05) is 11.8 Å². The molecule has 1 aromatic carbocycles. The third-order valence-corrected chi connectivity index (χ3v) is 7.96. The second-order valence-electron chi connectivity index (χ2n) is 8.83. The number of ether oxygens (including phenoxy) is 2. The summed E-state index contributed by atoms with van der Waals surface area (Å²) in [5, 5.41) is 10.9. The molecule has 200 valence electrons. The lowest BCUT2D eigenvalue weighted by molar-refractivity contribution is -0.151. The van der Waals surface area contributed by atoms with Crippen molar-refractivity contribution in [2.75, 3.05) is 12.7 Å². The number of hydrogen-bond donors (Lipinski definition) is 2. The molecule has 1 fully saturated rings. The first-order chi connectivity index (χ1) is 18.2. The van der Waals surface area contributed by atoms with Gasteiger partial charge in [-0.2, -0.15) is 0 Å². The average molecular weight is 570 g/mol. The number of aromatic nitrogens is 2. The van der Waals surface area contributed by atoms with Crippen molar-refractivity contribution in [3.63, 3.8) is 0 Å². The molecule has 0 spiro atoms. The topological polar surface area (TPSA) is 116 Å². The largest absolute Gasteiger partial charge is 0.463 e. The minimum absolute atomic E-state index is 0.106. The van der Waals surface area contributed by atoms with Crippen LogP contribution in [-0.2, 0) is 23.4 Å². The number of carbonyl (C=O) groups is 1. The van der Waals surface area contributed by atoms with Crippen molar-refractivity contribution in [1.29, 1.82) is 0 Å². The number of benzene rings is 1. The quantitative estimate of drug-likeness (QED) is 0.176. The monoisotopic (exact) mass is 569 g/mol. The van der Waals surface area contributed by atoms with Crippen LogP contribution in [0.15, 0.2) is 36.5 Å². The molecule has 3 rings (SSSR count). The summed E-state index contributed by atoms with van der Waals surface area (Å²) in [6.07, 6.45) is -4.06. The first kappa shape index (κ1) is 26.2. The fraction of sp³-hybridized carbons (Fsp3) is 0.500. The van der Waals surface area contributed by atoms with Crippen LogP contribution >= 0.6 is 32.0 Å². The molecule has 1 aliphatic heterocycles. The highest BCUT2D eigenvalue weighted by Gasteiger charge is 2.51. The molecule has 2 aromatic rings. The number of aryl methyl sites for hydroxylation is 1. The number of aromatic amines is 1. The highest BCUT2D eigenvalue weighted by Crippen LogP contribution is 2.50. The molecular weight excluding hydrogens is 537 g/mol. The van der Waals surface area contributed by atoms with Crippen LogP contribution in [0, 0.1) is 28.8 Å². The van der Waals surface area contributed by atoms with Gasteiger partial charge in [0.1, 0.15) is 16.5 Å². The Morgan fingerprint density at radius 2 is 2.03 bits per heavy atom. The predicted octanol–water partition coefficient (Wildman–Crippen LogP) is 5.01. The van der Waals surface area contributed by atoms with Gasteiger partial charge in [0.25, 0.3) is 6.04 Å². The van der Waals surface area contributed by atoms with Crippen molar-refractivity contribution in [2.45, 2.75) is 58.3 Å². The lowest BCUT2D eigenvalue weighted by Gasteiger charge is -2.24. The van der Waals surface area contributed by atoms with E-state index in [-0.39, 0.29) is 10.5 Å². The summed E-state index contributed by atoms with van der Waals surface area (Å²) in [6, 6.07) is 6.66. The normalized spacial score (nSPS) is 24.9. The Balaban J connectivity index is 1.94. The minimum Gasteiger partial charge on any atom is -0.463 e. The van der Waals surface area contributed by atoms with Gasteiger partial charge in [0.05, 0.1) is 27.5 Å². The van der Waals surface area contributed by atoms with E-state index in [0.717, 1.165) is 0 Å². The van der Waals surface area contributed by atoms with Gasteiger partial charge in [-0.05, 0) is 45.1 Å². The van der Waals surface area contributed by atoms with Crippen LogP contribution in [0.1, 0.15) is 35.3 Å². The molecular formula is C24H30N3O7PS2. The van der Waals surface area contributed by atoms with E-state index >= 15 is 0 Å². The zero-order valence-corrected chi connectivity index (χ0v) is 23.2. The summed E-state index contributed by atoms with van der Waals surface area (Å²) >= 11 is 10.5. The Kier molecular flexibility index (Phi) is 8.81. The first-order valence-electron chi connectivity index (χ1n) is 12.4. The van der Waals surface area contributed by atoms with Crippen molar-refractivity contribution in [3.05, 3.63) is 62.9 Å². The van der Waals surface area contributed by atoms with Gasteiger partial charge in [-0.15, -0.1) is 0 Å². The maximum absolute atomic E-state index is 14.0. The van der Waals surface area contributed by atoms with E-state index < -0.39 is 62.8 Å². The number of esters is 1. The molecule has 13 heteroatoms. The van der Waals surface area contributed by atoms with E-state index in [0.29, 0.717) is 10.2 Å². The maximum Gasteiger partial charge on any atom is 0.380 e. The number of hydrogen-bond acceptors (Lipinski definition) is 9. The molecule has 1 aromatic heterocycles. The van der Waals surface area contributed by atoms with Crippen molar-refractivity contribution in [2.24, 2.45) is 5.92 Å². The van der Waals surface area contributed by atoms with E-state index in [2.05, 4.69) is 9.83 Å². The van der Waals surface area contributed by atoms with Crippen LogP contribution < -0.4 is 4.52 Å². The summed E-state index contributed by atoms with van der Waals surface area (Å²) in [7, 11) is -4.43. The van der Waals surface area contributed by atoms with E-state index in [9.17, 15) is 14.5 Å². The number of aliphatic hydroxyl groups is 1. The van der Waals surface area contributed by atoms with E-state index in [1.165, 1.54) is 23.6 Å². The minimum atomic E-state index is -4.43. The smallest absolute Gasteiger partial charge is 0.380 e. The SMILES string of the molecule is [2H]C([2H])(O[P@](=O)(C[C@@H](C)C(=O)OC(C)C)Oc1ccccc1)[C@@H]1O[C@H](n2cc(C)c(=S)[nH]c2=S)[C@H]([N+]#[C-])C1O. The second kappa shape index (κ2) is 12.4. The fourth-order valence-corrected chi connectivity index (χ4v) is 5.71. The van der Waals surface area contributed by atoms with E-state index in [4.69, 9.17) is 52.3 Å². The Bertz CT molecular complexity index is 1400. The molecule has 2 N–H and O–H groups in total. The Hall–Kier alpha value is -2.39. The number of rotatable bonds is 10. The summed E-state index contributed by atoms with van der Waals surface area (Å²) in [5.41, 5.74) is 0.617. The molecule has 2 heterocycles. The predicted molar refractivity (Wildman–Crippen MR) is 141 cm³/mol. The van der Waals surface area contributed by atoms with Crippen LogP contribution in [0.3, 0.4) is 0 Å². The van der Waals surface area contributed by atoms with Crippen molar-refractivity contribution in [3.8, 4) is 5.75 Å². The summed E-state index contributed by atoms with van der Waals surface area (Å²) < 4.78 is 55.2. The number of para-hydroxylation sites is 1. The van der Waals surface area contributed by atoms with Gasteiger partial charge in [-0.25, -0.2) is 11.1 Å². The lowest BCUT2D eigenvalue weighted by atomic mass is 10.1. The number of carbonyl (C=O) groups excluding carboxylic acids is 1. The van der Waals surface area contributed by atoms with Crippen molar-refractivity contribution < 1.29 is 35.7 Å². The molecule has 0 radical (unpaired) electrons. The molecule has 10 nitrogen and oxygen atoms in total. The lowest BCUT2D eigenvalue weighted by Crippen LogP contribution is -2.32. The third kappa shape index (κ3) is 7.35. The molecule has 0 aliphatic carbocycles. The van der Waals surface area contributed by atoms with Crippen LogP contribution in [0.5, 0.6) is 5.75 Å². The van der Waals surface area contributed by atoms with E-state index in [1.807, 2.05) is 0 Å². The molecule has 1 aliphatic rings. The van der Waals surface area contributed by atoms with Crippen LogP contribution in [0.2, 0.25) is 0 Å².